The Balaban J connectivity index is 1.99. The van der Waals surface area contributed by atoms with Crippen molar-refractivity contribution in [2.45, 2.75) is 52.6 Å². The summed E-state index contributed by atoms with van der Waals surface area (Å²) in [6.07, 6.45) is 8.04. The van der Waals surface area contributed by atoms with E-state index in [0.717, 1.165) is 19.5 Å². The summed E-state index contributed by atoms with van der Waals surface area (Å²) in [6.45, 7) is 8.73. The molecule has 0 bridgehead atoms. The van der Waals surface area contributed by atoms with E-state index in [-0.39, 0.29) is 0 Å². The van der Waals surface area contributed by atoms with Crippen molar-refractivity contribution >= 4 is 0 Å². The third-order valence-corrected chi connectivity index (χ3v) is 3.78. The van der Waals surface area contributed by atoms with E-state index in [1.54, 1.807) is 0 Å². The second-order valence-electron chi connectivity index (χ2n) is 5.17. The molecule has 1 saturated carbocycles. The van der Waals surface area contributed by atoms with Gasteiger partial charge in [-0.05, 0) is 43.7 Å². The van der Waals surface area contributed by atoms with Gasteiger partial charge in [0.25, 0.3) is 0 Å². The lowest BCUT2D eigenvalue weighted by atomic mass is 9.93. The summed E-state index contributed by atoms with van der Waals surface area (Å²) in [5.41, 5.74) is 1.89. The first kappa shape index (κ1) is 11.6. The summed E-state index contributed by atoms with van der Waals surface area (Å²) >= 11 is 0. The van der Waals surface area contributed by atoms with Crippen molar-refractivity contribution in [1.82, 2.24) is 15.1 Å². The van der Waals surface area contributed by atoms with E-state index in [4.69, 9.17) is 0 Å². The normalized spacial score (nSPS) is 19.7. The average molecular weight is 221 g/mol. The Morgan fingerprint density at radius 1 is 1.50 bits per heavy atom. The quantitative estimate of drug-likeness (QED) is 0.798. The van der Waals surface area contributed by atoms with Crippen LogP contribution in [0, 0.1) is 5.41 Å². The van der Waals surface area contributed by atoms with Gasteiger partial charge in [0.1, 0.15) is 0 Å². The lowest BCUT2D eigenvalue weighted by molar-refractivity contribution is 0.360. The highest BCUT2D eigenvalue weighted by Crippen LogP contribution is 2.48. The molecular weight excluding hydrogens is 198 g/mol. The predicted octanol–water partition coefficient (Wildman–Crippen LogP) is 2.22. The molecule has 3 nitrogen and oxygen atoms in total. The molecule has 0 spiro atoms. The first-order valence-electron chi connectivity index (χ1n) is 6.42. The Morgan fingerprint density at radius 3 is 2.75 bits per heavy atom. The second-order valence-corrected chi connectivity index (χ2v) is 5.17. The van der Waals surface area contributed by atoms with E-state index in [1.165, 1.54) is 18.4 Å². The number of hydrogen-bond acceptors (Lipinski definition) is 2. The molecule has 1 aromatic rings. The van der Waals surface area contributed by atoms with Crippen molar-refractivity contribution in [3.05, 3.63) is 18.0 Å². The highest BCUT2D eigenvalue weighted by Gasteiger charge is 2.44. The Morgan fingerprint density at radius 2 is 2.25 bits per heavy atom. The van der Waals surface area contributed by atoms with Crippen molar-refractivity contribution in [3.63, 3.8) is 0 Å². The van der Waals surface area contributed by atoms with Gasteiger partial charge in [0, 0.05) is 18.8 Å². The van der Waals surface area contributed by atoms with E-state index in [0.29, 0.717) is 11.5 Å². The molecule has 1 unspecified atom stereocenters. The zero-order chi connectivity index (χ0) is 11.6. The van der Waals surface area contributed by atoms with Crippen LogP contribution in [-0.4, -0.2) is 22.4 Å². The smallest absolute Gasteiger partial charge is 0.0522 e. The van der Waals surface area contributed by atoms with Crippen LogP contribution in [0.3, 0.4) is 0 Å². The molecule has 1 heterocycles. The van der Waals surface area contributed by atoms with E-state index < -0.39 is 0 Å². The van der Waals surface area contributed by atoms with Crippen molar-refractivity contribution in [2.75, 3.05) is 6.54 Å². The molecule has 3 heteroatoms. The van der Waals surface area contributed by atoms with Crippen LogP contribution in [0.1, 0.15) is 39.2 Å². The van der Waals surface area contributed by atoms with Crippen molar-refractivity contribution in [2.24, 2.45) is 5.41 Å². The molecule has 1 fully saturated rings. The van der Waals surface area contributed by atoms with E-state index in [1.807, 2.05) is 10.9 Å². The lowest BCUT2D eigenvalue weighted by Crippen LogP contribution is -2.37. The van der Waals surface area contributed by atoms with Crippen molar-refractivity contribution in [1.29, 1.82) is 0 Å². The molecular formula is C13H23N3. The van der Waals surface area contributed by atoms with E-state index >= 15 is 0 Å². The number of aryl methyl sites for hydroxylation is 1. The Bertz CT molecular complexity index is 339. The molecule has 1 aromatic heterocycles. The molecule has 1 atom stereocenters. The zero-order valence-corrected chi connectivity index (χ0v) is 10.7. The van der Waals surface area contributed by atoms with Gasteiger partial charge in [0.2, 0.25) is 0 Å². The van der Waals surface area contributed by atoms with Gasteiger partial charge in [0.15, 0.2) is 0 Å². The largest absolute Gasteiger partial charge is 0.313 e. The standard InChI is InChI=1S/C13H23N3/c1-4-14-12(13(3)6-7-13)8-11-9-15-16(5-2)10-11/h9-10,12,14H,4-8H2,1-3H3. The van der Waals surface area contributed by atoms with Gasteiger partial charge in [-0.3, -0.25) is 4.68 Å². The minimum Gasteiger partial charge on any atom is -0.313 e. The van der Waals surface area contributed by atoms with Crippen LogP contribution in [0.2, 0.25) is 0 Å². The molecule has 1 N–H and O–H groups in total. The van der Waals surface area contributed by atoms with Gasteiger partial charge in [-0.25, -0.2) is 0 Å². The number of hydrogen-bond donors (Lipinski definition) is 1. The molecule has 0 radical (unpaired) electrons. The summed E-state index contributed by atoms with van der Waals surface area (Å²) in [5.74, 6) is 0. The van der Waals surface area contributed by atoms with Crippen molar-refractivity contribution in [3.8, 4) is 0 Å². The van der Waals surface area contributed by atoms with E-state index in [9.17, 15) is 0 Å². The molecule has 90 valence electrons. The first-order valence-corrected chi connectivity index (χ1v) is 6.42. The number of likely N-dealkylation sites (N-methyl/N-ethyl adjacent to an activating group) is 1. The van der Waals surface area contributed by atoms with Crippen molar-refractivity contribution < 1.29 is 0 Å². The molecule has 0 aromatic carbocycles. The van der Waals surface area contributed by atoms with Crippen LogP contribution >= 0.6 is 0 Å². The van der Waals surface area contributed by atoms with Crippen LogP contribution in [0.4, 0.5) is 0 Å². The van der Waals surface area contributed by atoms with Crippen LogP contribution in [0.5, 0.6) is 0 Å². The SMILES string of the molecule is CCNC(Cc1cnn(CC)c1)C1(C)CC1. The second kappa shape index (κ2) is 4.58. The molecule has 0 saturated heterocycles. The maximum absolute atomic E-state index is 4.34. The van der Waals surface area contributed by atoms with Crippen LogP contribution in [0.25, 0.3) is 0 Å². The third kappa shape index (κ3) is 2.46. The molecule has 1 aliphatic rings. The third-order valence-electron chi connectivity index (χ3n) is 3.78. The number of nitrogens with one attached hydrogen (secondary N) is 1. The van der Waals surface area contributed by atoms with Gasteiger partial charge in [-0.1, -0.05) is 13.8 Å². The fraction of sp³-hybridized carbons (Fsp3) is 0.769. The zero-order valence-electron chi connectivity index (χ0n) is 10.7. The molecule has 16 heavy (non-hydrogen) atoms. The van der Waals surface area contributed by atoms with Gasteiger partial charge >= 0.3 is 0 Å². The molecule has 0 amide bonds. The Labute approximate surface area is 98.2 Å². The number of rotatable bonds is 6. The van der Waals surface area contributed by atoms with Gasteiger partial charge in [-0.2, -0.15) is 5.10 Å². The lowest BCUT2D eigenvalue weighted by Gasteiger charge is -2.23. The summed E-state index contributed by atoms with van der Waals surface area (Å²) in [7, 11) is 0. The summed E-state index contributed by atoms with van der Waals surface area (Å²) < 4.78 is 2.01. The summed E-state index contributed by atoms with van der Waals surface area (Å²) in [6, 6.07) is 0.618. The maximum Gasteiger partial charge on any atom is 0.0522 e. The van der Waals surface area contributed by atoms with Gasteiger partial charge in [-0.15, -0.1) is 0 Å². The summed E-state index contributed by atoms with van der Waals surface area (Å²) in [5, 5.41) is 7.96. The van der Waals surface area contributed by atoms with Crippen LogP contribution < -0.4 is 5.32 Å². The average Bonchev–Trinajstić information content (AvgIpc) is 2.87. The topological polar surface area (TPSA) is 29.9 Å². The first-order chi connectivity index (χ1) is 7.68. The summed E-state index contributed by atoms with van der Waals surface area (Å²) in [4.78, 5) is 0. The molecule has 2 rings (SSSR count). The maximum atomic E-state index is 4.34. The van der Waals surface area contributed by atoms with E-state index in [2.05, 4.69) is 37.4 Å². The highest BCUT2D eigenvalue weighted by atomic mass is 15.3. The molecule has 0 aliphatic heterocycles. The predicted molar refractivity (Wildman–Crippen MR) is 66.4 cm³/mol. The highest BCUT2D eigenvalue weighted by molar-refractivity contribution is 5.11. The van der Waals surface area contributed by atoms with Gasteiger partial charge in [0.05, 0.1) is 6.20 Å². The van der Waals surface area contributed by atoms with Gasteiger partial charge < -0.3 is 5.32 Å². The van der Waals surface area contributed by atoms with Crippen LogP contribution in [0.15, 0.2) is 12.4 Å². The number of nitrogens with zero attached hydrogens (tertiary/aromatic N) is 2. The fourth-order valence-corrected chi connectivity index (χ4v) is 2.28. The fourth-order valence-electron chi connectivity index (χ4n) is 2.28. The monoisotopic (exact) mass is 221 g/mol. The Kier molecular flexibility index (Phi) is 3.33. The Hall–Kier alpha value is -0.830. The minimum absolute atomic E-state index is 0.532. The van der Waals surface area contributed by atoms with Crippen LogP contribution in [-0.2, 0) is 13.0 Å². The number of aromatic nitrogens is 2. The minimum atomic E-state index is 0.532. The molecule has 1 aliphatic carbocycles.